The molecule has 0 aliphatic heterocycles. The summed E-state index contributed by atoms with van der Waals surface area (Å²) in [7, 11) is -2.63. The number of fused-ring (bicyclic) bond motifs is 3. The van der Waals surface area contributed by atoms with Crippen LogP contribution in [-0.4, -0.2) is 7.32 Å². The lowest BCUT2D eigenvalue weighted by atomic mass is 10.0. The largest absolute Gasteiger partial charge is 0.864 e. The molecule has 0 aliphatic carbocycles. The van der Waals surface area contributed by atoms with E-state index in [1.54, 1.807) is 0 Å². The fourth-order valence-corrected chi connectivity index (χ4v) is 4.62. The monoisotopic (exact) mass is 602 g/mol. The maximum absolute atomic E-state index is 15.1. The molecule has 0 saturated heterocycles. The van der Waals surface area contributed by atoms with Crippen LogP contribution in [0.1, 0.15) is 0 Å². The number of hydrogen-bond donors (Lipinski definition) is 0. The normalized spacial score (nSPS) is 11.4. The van der Waals surface area contributed by atoms with Gasteiger partial charge in [-0.2, -0.15) is 13.2 Å². The van der Waals surface area contributed by atoms with Crippen molar-refractivity contribution in [3.63, 3.8) is 0 Å². The minimum atomic E-state index is -2.63. The Bertz CT molecular complexity index is 1850. The van der Waals surface area contributed by atoms with Gasteiger partial charge in [0, 0.05) is 32.3 Å². The highest BCUT2D eigenvalue weighted by molar-refractivity contribution is 6.40. The molecule has 0 radical (unpaired) electrons. The molecule has 6 aromatic carbocycles. The molecule has 0 amide bonds. The highest BCUT2D eigenvalue weighted by Gasteiger charge is 2.38. The van der Waals surface area contributed by atoms with Crippen LogP contribution in [0.15, 0.2) is 72.8 Å². The summed E-state index contributed by atoms with van der Waals surface area (Å²) in [5.74, 6) is -19.8. The summed E-state index contributed by atoms with van der Waals surface area (Å²) < 4.78 is 149. The van der Waals surface area contributed by atoms with E-state index < -0.39 is 109 Å². The van der Waals surface area contributed by atoms with Crippen molar-refractivity contribution in [1.29, 1.82) is 0 Å². The Hall–Kier alpha value is -5.07. The molecular weight excluding hydrogens is 590 g/mol. The molecule has 0 N–H and O–H groups in total. The number of halogens is 9. The summed E-state index contributed by atoms with van der Waals surface area (Å²) in [6, 6.07) is 14.3. The summed E-state index contributed by atoms with van der Waals surface area (Å²) in [5.41, 5.74) is 0. The molecule has 0 saturated carbocycles. The lowest BCUT2D eigenvalue weighted by Crippen LogP contribution is -2.38. The zero-order valence-electron chi connectivity index (χ0n) is 21.1. The van der Waals surface area contributed by atoms with Crippen molar-refractivity contribution in [3.05, 3.63) is 125 Å². The molecule has 0 unspecified atom stereocenters. The third-order valence-electron chi connectivity index (χ3n) is 6.62. The first-order valence-electron chi connectivity index (χ1n) is 12.3. The Morgan fingerprint density at radius 2 is 0.535 bits per heavy atom. The Morgan fingerprint density at radius 3 is 0.791 bits per heavy atom. The van der Waals surface area contributed by atoms with Crippen LogP contribution >= 0.6 is 0 Å². The van der Waals surface area contributed by atoms with Crippen molar-refractivity contribution in [2.45, 2.75) is 0 Å². The minimum Gasteiger partial charge on any atom is -0.486 e. The summed E-state index contributed by atoms with van der Waals surface area (Å²) in [6.07, 6.45) is 0. The zero-order chi connectivity index (χ0) is 30.6. The summed E-state index contributed by atoms with van der Waals surface area (Å²) in [5, 5.41) is -2.65. The molecule has 3 nitrogen and oxygen atoms in total. The molecule has 6 aromatic rings. The second-order valence-electron chi connectivity index (χ2n) is 9.09. The number of rotatable bonds is 6. The summed E-state index contributed by atoms with van der Waals surface area (Å²) in [6.45, 7) is 0. The van der Waals surface area contributed by atoms with Gasteiger partial charge in [-0.1, -0.05) is 72.8 Å². The molecule has 43 heavy (non-hydrogen) atoms. The predicted octanol–water partition coefficient (Wildman–Crippen LogP) is 8.92. The molecule has 216 valence electrons. The fraction of sp³-hybridized carbons (Fsp3) is 0. The third kappa shape index (κ3) is 4.51. The predicted molar refractivity (Wildman–Crippen MR) is 139 cm³/mol. The first kappa shape index (κ1) is 28.1. The Labute approximate surface area is 235 Å². The third-order valence-corrected chi connectivity index (χ3v) is 6.62. The fourth-order valence-electron chi connectivity index (χ4n) is 4.62. The van der Waals surface area contributed by atoms with Crippen LogP contribution in [0.5, 0.6) is 17.2 Å². The highest BCUT2D eigenvalue weighted by atomic mass is 19.2. The molecule has 13 heteroatoms. The number of hydrogen-bond acceptors (Lipinski definition) is 3. The highest BCUT2D eigenvalue weighted by Crippen LogP contribution is 2.39. The van der Waals surface area contributed by atoms with E-state index in [0.717, 1.165) is 36.4 Å². The quantitative estimate of drug-likeness (QED) is 0.108. The van der Waals surface area contributed by atoms with Crippen LogP contribution in [0.3, 0.4) is 0 Å². The van der Waals surface area contributed by atoms with Gasteiger partial charge in [0.25, 0.3) is 0 Å². The van der Waals surface area contributed by atoms with Gasteiger partial charge >= 0.3 is 7.32 Å². The van der Waals surface area contributed by atoms with Crippen molar-refractivity contribution in [2.75, 3.05) is 0 Å². The van der Waals surface area contributed by atoms with Crippen molar-refractivity contribution in [3.8, 4) is 17.2 Å². The van der Waals surface area contributed by atoms with Crippen molar-refractivity contribution < 1.29 is 53.5 Å². The Kier molecular flexibility index (Phi) is 6.95. The molecule has 0 aliphatic rings. The van der Waals surface area contributed by atoms with E-state index in [9.17, 15) is 26.3 Å². The molecule has 0 atom stereocenters. The molecule has 0 aromatic heterocycles. The second kappa shape index (κ2) is 10.6. The Balaban J connectivity index is 1.57. The summed E-state index contributed by atoms with van der Waals surface area (Å²) >= 11 is 0. The van der Waals surface area contributed by atoms with Gasteiger partial charge in [0.1, 0.15) is 0 Å². The van der Waals surface area contributed by atoms with Crippen molar-refractivity contribution in [2.24, 2.45) is 0 Å². The lowest BCUT2D eigenvalue weighted by molar-refractivity contribution is 0.283. The maximum Gasteiger partial charge on any atom is 0.864 e. The van der Waals surface area contributed by atoms with E-state index in [-0.39, 0.29) is 0 Å². The average molecular weight is 602 g/mol. The van der Waals surface area contributed by atoms with Gasteiger partial charge in [0.2, 0.25) is 17.5 Å². The maximum atomic E-state index is 15.1. The van der Waals surface area contributed by atoms with Crippen LogP contribution in [0.2, 0.25) is 0 Å². The Morgan fingerprint density at radius 1 is 0.302 bits per heavy atom. The smallest absolute Gasteiger partial charge is 0.486 e. The molecular formula is C30H12BF9O3. The van der Waals surface area contributed by atoms with Crippen LogP contribution in [0.4, 0.5) is 39.5 Å². The van der Waals surface area contributed by atoms with Gasteiger partial charge in [-0.05, 0) is 0 Å². The van der Waals surface area contributed by atoms with E-state index in [4.69, 9.17) is 14.0 Å². The first-order chi connectivity index (χ1) is 20.6. The lowest BCUT2D eigenvalue weighted by Gasteiger charge is -2.21. The molecule has 0 fully saturated rings. The van der Waals surface area contributed by atoms with E-state index in [2.05, 4.69) is 0 Å². The van der Waals surface area contributed by atoms with Gasteiger partial charge < -0.3 is 14.0 Å². The van der Waals surface area contributed by atoms with Crippen LogP contribution in [0.25, 0.3) is 32.3 Å². The van der Waals surface area contributed by atoms with Crippen LogP contribution < -0.4 is 14.0 Å². The van der Waals surface area contributed by atoms with Gasteiger partial charge in [-0.15, -0.1) is 0 Å². The summed E-state index contributed by atoms with van der Waals surface area (Å²) in [4.78, 5) is 0. The van der Waals surface area contributed by atoms with Gasteiger partial charge in [-0.3, -0.25) is 0 Å². The topological polar surface area (TPSA) is 27.7 Å². The van der Waals surface area contributed by atoms with Crippen molar-refractivity contribution >= 4 is 39.6 Å². The minimum absolute atomic E-state index is 0.401. The van der Waals surface area contributed by atoms with Gasteiger partial charge in [0.05, 0.1) is 0 Å². The average Bonchev–Trinajstić information content (AvgIpc) is 3.03. The number of benzene rings is 6. The van der Waals surface area contributed by atoms with Gasteiger partial charge in [-0.25, -0.2) is 26.3 Å². The van der Waals surface area contributed by atoms with E-state index in [0.29, 0.717) is 0 Å². The van der Waals surface area contributed by atoms with E-state index in [1.165, 1.54) is 36.4 Å². The van der Waals surface area contributed by atoms with E-state index >= 15 is 13.2 Å². The van der Waals surface area contributed by atoms with Crippen LogP contribution in [-0.2, 0) is 0 Å². The standard InChI is InChI=1S/C30H12BF9O3/c32-19-13-7-1-4-10-16(13)28(25(38)22(19)35)41-31(42-29-17-11-5-2-8-14(17)20(33)23(36)26(29)39)43-30-18-12-6-3-9-15(18)21(34)24(37)27(30)40/h1-12H. The molecule has 6 rings (SSSR count). The van der Waals surface area contributed by atoms with Gasteiger partial charge in [0.15, 0.2) is 52.2 Å². The van der Waals surface area contributed by atoms with Crippen molar-refractivity contribution in [1.82, 2.24) is 0 Å². The molecule has 0 spiro atoms. The SMILES string of the molecule is Fc1c(F)c(OB(Oc2c(F)c(F)c(F)c3ccccc23)Oc2c(F)c(F)c(F)c3ccccc23)c2ccccc2c1F. The second-order valence-corrected chi connectivity index (χ2v) is 9.09. The van der Waals surface area contributed by atoms with Crippen LogP contribution in [0, 0.1) is 52.4 Å². The first-order valence-corrected chi connectivity index (χ1v) is 12.3. The zero-order valence-corrected chi connectivity index (χ0v) is 21.1. The molecule has 0 bridgehead atoms. The van der Waals surface area contributed by atoms with E-state index in [1.807, 2.05) is 0 Å². The molecule has 0 heterocycles.